The maximum absolute atomic E-state index is 12.3. The molecule has 0 saturated carbocycles. The molecule has 1 aromatic heterocycles. The summed E-state index contributed by atoms with van der Waals surface area (Å²) >= 11 is 7.58. The topological polar surface area (TPSA) is 69.0 Å². The van der Waals surface area contributed by atoms with Crippen molar-refractivity contribution < 1.29 is 9.53 Å². The quantitative estimate of drug-likeness (QED) is 0.484. The molecule has 0 aliphatic heterocycles. The van der Waals surface area contributed by atoms with Crippen LogP contribution in [0.25, 0.3) is 0 Å². The molecule has 0 radical (unpaired) electrons. The normalized spacial score (nSPS) is 10.8. The third kappa shape index (κ3) is 5.55. The summed E-state index contributed by atoms with van der Waals surface area (Å²) in [6.45, 7) is 8.88. The van der Waals surface area contributed by atoms with Crippen molar-refractivity contribution in [2.45, 2.75) is 46.0 Å². The van der Waals surface area contributed by atoms with E-state index < -0.39 is 0 Å². The van der Waals surface area contributed by atoms with Gasteiger partial charge in [-0.05, 0) is 68.7 Å². The standard InChI is InChI=1S/C22H25ClN4O2S/c1-5-27-19(12-29-18-10-15(3)21(23)16(4)11-18)25-26-22(27)30-13-20(28)24-17-8-6-7-14(2)9-17/h6-11H,5,12-13H2,1-4H3,(H,24,28). The van der Waals surface area contributed by atoms with Crippen molar-refractivity contribution >= 4 is 35.0 Å². The van der Waals surface area contributed by atoms with E-state index in [1.54, 1.807) is 0 Å². The Morgan fingerprint density at radius 3 is 2.57 bits per heavy atom. The zero-order chi connectivity index (χ0) is 21.7. The minimum Gasteiger partial charge on any atom is -0.486 e. The molecule has 158 valence electrons. The Balaban J connectivity index is 1.60. The Hall–Kier alpha value is -2.51. The summed E-state index contributed by atoms with van der Waals surface area (Å²) in [5.41, 5.74) is 3.83. The van der Waals surface area contributed by atoms with Crippen LogP contribution >= 0.6 is 23.4 Å². The number of nitrogens with zero attached hydrogens (tertiary/aromatic N) is 3. The van der Waals surface area contributed by atoms with E-state index in [1.165, 1.54) is 11.8 Å². The van der Waals surface area contributed by atoms with Crippen molar-refractivity contribution in [1.29, 1.82) is 0 Å². The van der Waals surface area contributed by atoms with E-state index >= 15 is 0 Å². The van der Waals surface area contributed by atoms with Crippen LogP contribution in [0.1, 0.15) is 29.4 Å². The highest BCUT2D eigenvalue weighted by Gasteiger charge is 2.14. The van der Waals surface area contributed by atoms with Gasteiger partial charge in [-0.15, -0.1) is 10.2 Å². The fraction of sp³-hybridized carbons (Fsp3) is 0.318. The summed E-state index contributed by atoms with van der Waals surface area (Å²) in [5, 5.41) is 12.8. The van der Waals surface area contributed by atoms with Crippen LogP contribution in [-0.4, -0.2) is 26.4 Å². The summed E-state index contributed by atoms with van der Waals surface area (Å²) in [6, 6.07) is 11.5. The van der Waals surface area contributed by atoms with Crippen molar-refractivity contribution in [3.63, 3.8) is 0 Å². The molecule has 3 aromatic rings. The zero-order valence-corrected chi connectivity index (χ0v) is 19.1. The number of amides is 1. The molecule has 0 fully saturated rings. The number of thioether (sulfide) groups is 1. The van der Waals surface area contributed by atoms with Gasteiger partial charge in [0.2, 0.25) is 5.91 Å². The number of hydrogen-bond acceptors (Lipinski definition) is 5. The SMILES string of the molecule is CCn1c(COc2cc(C)c(Cl)c(C)c2)nnc1SCC(=O)Nc1cccc(C)c1. The van der Waals surface area contributed by atoms with Gasteiger partial charge in [-0.3, -0.25) is 4.79 Å². The first-order valence-corrected chi connectivity index (χ1v) is 11.0. The van der Waals surface area contributed by atoms with Gasteiger partial charge >= 0.3 is 0 Å². The van der Waals surface area contributed by atoms with Crippen molar-refractivity contribution in [1.82, 2.24) is 14.8 Å². The lowest BCUT2D eigenvalue weighted by molar-refractivity contribution is -0.113. The molecular formula is C22H25ClN4O2S. The van der Waals surface area contributed by atoms with Crippen LogP contribution in [0.2, 0.25) is 5.02 Å². The number of carbonyl (C=O) groups excluding carboxylic acids is 1. The lowest BCUT2D eigenvalue weighted by Crippen LogP contribution is -2.15. The van der Waals surface area contributed by atoms with Gasteiger partial charge in [-0.25, -0.2) is 0 Å². The molecular weight excluding hydrogens is 420 g/mol. The lowest BCUT2D eigenvalue weighted by atomic mass is 10.1. The average Bonchev–Trinajstić information content (AvgIpc) is 3.10. The highest BCUT2D eigenvalue weighted by atomic mass is 35.5. The third-order valence-corrected chi connectivity index (χ3v) is 6.08. The molecule has 0 spiro atoms. The second-order valence-electron chi connectivity index (χ2n) is 7.01. The van der Waals surface area contributed by atoms with Gasteiger partial charge in [0.15, 0.2) is 11.0 Å². The van der Waals surface area contributed by atoms with Gasteiger partial charge in [0, 0.05) is 17.3 Å². The molecule has 8 heteroatoms. The molecule has 0 aliphatic carbocycles. The monoisotopic (exact) mass is 444 g/mol. The third-order valence-electron chi connectivity index (χ3n) is 4.52. The van der Waals surface area contributed by atoms with Gasteiger partial charge in [-0.2, -0.15) is 0 Å². The van der Waals surface area contributed by atoms with E-state index in [0.717, 1.165) is 33.1 Å². The number of halogens is 1. The molecule has 0 unspecified atom stereocenters. The van der Waals surface area contributed by atoms with E-state index in [9.17, 15) is 4.79 Å². The van der Waals surface area contributed by atoms with Gasteiger partial charge in [-0.1, -0.05) is 35.5 Å². The first-order chi connectivity index (χ1) is 14.4. The highest BCUT2D eigenvalue weighted by molar-refractivity contribution is 7.99. The number of aryl methyl sites for hydroxylation is 3. The number of hydrogen-bond donors (Lipinski definition) is 1. The lowest BCUT2D eigenvalue weighted by Gasteiger charge is -2.11. The fourth-order valence-corrected chi connectivity index (χ4v) is 3.97. The Kier molecular flexibility index (Phi) is 7.39. The Labute approximate surface area is 186 Å². The minimum absolute atomic E-state index is 0.0823. The number of anilines is 1. The number of benzene rings is 2. The summed E-state index contributed by atoms with van der Waals surface area (Å²) in [6.07, 6.45) is 0. The molecule has 0 bridgehead atoms. The average molecular weight is 445 g/mol. The van der Waals surface area contributed by atoms with E-state index in [2.05, 4.69) is 15.5 Å². The molecule has 1 amide bonds. The first kappa shape index (κ1) is 22.2. The van der Waals surface area contributed by atoms with Crippen LogP contribution in [0.3, 0.4) is 0 Å². The predicted molar refractivity (Wildman–Crippen MR) is 121 cm³/mol. The molecule has 2 aromatic carbocycles. The van der Waals surface area contributed by atoms with Crippen LogP contribution in [0.15, 0.2) is 41.6 Å². The Morgan fingerprint density at radius 2 is 1.90 bits per heavy atom. The van der Waals surface area contributed by atoms with Crippen molar-refractivity contribution in [3.05, 3.63) is 63.9 Å². The van der Waals surface area contributed by atoms with Crippen LogP contribution in [0, 0.1) is 20.8 Å². The van der Waals surface area contributed by atoms with E-state index in [0.29, 0.717) is 17.5 Å². The number of aromatic nitrogens is 3. The van der Waals surface area contributed by atoms with E-state index in [1.807, 2.05) is 68.7 Å². The summed E-state index contributed by atoms with van der Waals surface area (Å²) in [4.78, 5) is 12.3. The van der Waals surface area contributed by atoms with Gasteiger partial charge in [0.1, 0.15) is 12.4 Å². The van der Waals surface area contributed by atoms with Crippen LogP contribution in [-0.2, 0) is 17.9 Å². The van der Waals surface area contributed by atoms with Gasteiger partial charge in [0.25, 0.3) is 0 Å². The molecule has 1 N–H and O–H groups in total. The number of nitrogens with one attached hydrogen (secondary N) is 1. The summed E-state index contributed by atoms with van der Waals surface area (Å²) < 4.78 is 7.87. The number of carbonyl (C=O) groups is 1. The van der Waals surface area contributed by atoms with E-state index in [-0.39, 0.29) is 18.3 Å². The molecule has 1 heterocycles. The zero-order valence-electron chi connectivity index (χ0n) is 17.5. The molecule has 0 aliphatic rings. The second-order valence-corrected chi connectivity index (χ2v) is 8.33. The van der Waals surface area contributed by atoms with Crippen LogP contribution < -0.4 is 10.1 Å². The Bertz CT molecular complexity index is 1030. The first-order valence-electron chi connectivity index (χ1n) is 9.68. The minimum atomic E-state index is -0.0823. The van der Waals surface area contributed by atoms with Crippen LogP contribution in [0.4, 0.5) is 5.69 Å². The summed E-state index contributed by atoms with van der Waals surface area (Å²) in [7, 11) is 0. The fourth-order valence-electron chi connectivity index (χ4n) is 3.04. The van der Waals surface area contributed by atoms with Crippen LogP contribution in [0.5, 0.6) is 5.75 Å². The smallest absolute Gasteiger partial charge is 0.234 e. The maximum Gasteiger partial charge on any atom is 0.234 e. The molecule has 30 heavy (non-hydrogen) atoms. The maximum atomic E-state index is 12.3. The molecule has 3 rings (SSSR count). The van der Waals surface area contributed by atoms with Crippen molar-refractivity contribution in [3.8, 4) is 5.75 Å². The second kappa shape index (κ2) is 10.00. The summed E-state index contributed by atoms with van der Waals surface area (Å²) in [5.74, 6) is 1.62. The molecule has 0 saturated heterocycles. The van der Waals surface area contributed by atoms with Crippen molar-refractivity contribution in [2.75, 3.05) is 11.1 Å². The molecule has 0 atom stereocenters. The van der Waals surface area contributed by atoms with Gasteiger partial charge < -0.3 is 14.6 Å². The van der Waals surface area contributed by atoms with Gasteiger partial charge in [0.05, 0.1) is 5.75 Å². The number of rotatable bonds is 8. The number of ether oxygens (including phenoxy) is 1. The largest absolute Gasteiger partial charge is 0.486 e. The molecule has 6 nitrogen and oxygen atoms in total. The highest BCUT2D eigenvalue weighted by Crippen LogP contribution is 2.26. The van der Waals surface area contributed by atoms with E-state index in [4.69, 9.17) is 16.3 Å². The van der Waals surface area contributed by atoms with Crippen molar-refractivity contribution in [2.24, 2.45) is 0 Å². The Morgan fingerprint density at radius 1 is 1.17 bits per heavy atom. The predicted octanol–water partition coefficient (Wildman–Crippen LogP) is 5.19.